The van der Waals surface area contributed by atoms with E-state index in [0.29, 0.717) is 40.4 Å². The zero-order valence-corrected chi connectivity index (χ0v) is 23.2. The second-order valence-corrected chi connectivity index (χ2v) is 10.3. The van der Waals surface area contributed by atoms with Crippen LogP contribution in [0.4, 0.5) is 22.7 Å². The number of piperazine rings is 1. The fourth-order valence-electron chi connectivity index (χ4n) is 4.94. The Kier molecular flexibility index (Phi) is 8.00. The molecule has 1 fully saturated rings. The van der Waals surface area contributed by atoms with Gasteiger partial charge in [-0.15, -0.1) is 0 Å². The molecule has 2 heterocycles. The summed E-state index contributed by atoms with van der Waals surface area (Å²) in [5.74, 6) is -1.61. The van der Waals surface area contributed by atoms with Gasteiger partial charge >= 0.3 is 5.97 Å². The smallest absolute Gasteiger partial charge is 0.335 e. The Morgan fingerprint density at radius 3 is 2.26 bits per heavy atom. The number of anilines is 3. The van der Waals surface area contributed by atoms with E-state index in [1.165, 1.54) is 42.5 Å². The number of carboxylic acid groups (broad SMARTS) is 1. The number of hydrogen-bond donors (Lipinski definition) is 3. The minimum Gasteiger partial charge on any atom is -0.478 e. The number of nitrogens with one attached hydrogen (secondary N) is 2. The lowest BCUT2D eigenvalue weighted by atomic mass is 9.98. The average molecular weight is 571 g/mol. The fourth-order valence-corrected chi connectivity index (χ4v) is 4.94. The Hall–Kier alpha value is -5.07. The first-order valence-electron chi connectivity index (χ1n) is 13.3. The number of hydrogen-bond acceptors (Lipinski definition) is 8. The summed E-state index contributed by atoms with van der Waals surface area (Å²) < 4.78 is 0. The normalized spacial score (nSPS) is 16.4. The third-order valence-corrected chi connectivity index (χ3v) is 7.48. The zero-order chi connectivity index (χ0) is 30.0. The first-order chi connectivity index (χ1) is 20.1. The van der Waals surface area contributed by atoms with E-state index in [2.05, 4.69) is 27.5 Å². The molecule has 2 amide bonds. The predicted octanol–water partition coefficient (Wildman–Crippen LogP) is 3.44. The van der Waals surface area contributed by atoms with E-state index in [9.17, 15) is 29.6 Å². The van der Waals surface area contributed by atoms with Crippen LogP contribution in [-0.2, 0) is 9.59 Å². The lowest BCUT2D eigenvalue weighted by molar-refractivity contribution is -0.384. The Bertz CT molecular complexity index is 1580. The van der Waals surface area contributed by atoms with Gasteiger partial charge in [-0.1, -0.05) is 0 Å². The van der Waals surface area contributed by atoms with Gasteiger partial charge in [-0.05, 0) is 67.2 Å². The highest BCUT2D eigenvalue weighted by Crippen LogP contribution is 2.38. The predicted molar refractivity (Wildman–Crippen MR) is 159 cm³/mol. The van der Waals surface area contributed by atoms with Gasteiger partial charge in [0.1, 0.15) is 0 Å². The van der Waals surface area contributed by atoms with Crippen LogP contribution >= 0.6 is 0 Å². The molecule has 5 rings (SSSR count). The van der Waals surface area contributed by atoms with E-state index in [0.717, 1.165) is 26.2 Å². The maximum atomic E-state index is 13.2. The van der Waals surface area contributed by atoms with Crippen molar-refractivity contribution >= 4 is 51.8 Å². The highest BCUT2D eigenvalue weighted by atomic mass is 16.6. The average Bonchev–Trinajstić information content (AvgIpc) is 3.31. The maximum Gasteiger partial charge on any atom is 0.335 e. The molecule has 0 spiro atoms. The van der Waals surface area contributed by atoms with Crippen molar-refractivity contribution in [3.05, 3.63) is 93.5 Å². The molecule has 0 atom stereocenters. The van der Waals surface area contributed by atoms with Crippen LogP contribution in [0.5, 0.6) is 0 Å². The fraction of sp³-hybridized carbons (Fsp3) is 0.233. The molecule has 12 heteroatoms. The van der Waals surface area contributed by atoms with Gasteiger partial charge in [-0.2, -0.15) is 0 Å². The van der Waals surface area contributed by atoms with Crippen LogP contribution in [0.2, 0.25) is 0 Å². The molecule has 216 valence electrons. The molecule has 0 saturated carbocycles. The van der Waals surface area contributed by atoms with Crippen LogP contribution in [-0.4, -0.2) is 84.4 Å². The molecule has 0 radical (unpaired) electrons. The maximum absolute atomic E-state index is 13.2. The first kappa shape index (κ1) is 28.5. The number of benzene rings is 3. The van der Waals surface area contributed by atoms with Gasteiger partial charge in [0.05, 0.1) is 28.3 Å². The number of nitro benzene ring substituents is 1. The van der Waals surface area contributed by atoms with Crippen LogP contribution in [0.15, 0.2) is 66.7 Å². The topological polar surface area (TPSA) is 148 Å². The van der Waals surface area contributed by atoms with Crippen molar-refractivity contribution in [1.82, 2.24) is 9.80 Å². The zero-order valence-electron chi connectivity index (χ0n) is 23.2. The third kappa shape index (κ3) is 5.99. The van der Waals surface area contributed by atoms with Crippen molar-refractivity contribution in [2.24, 2.45) is 0 Å². The van der Waals surface area contributed by atoms with E-state index < -0.39 is 16.8 Å². The van der Waals surface area contributed by atoms with Crippen LogP contribution in [0.1, 0.15) is 21.5 Å². The number of carbonyl (C=O) groups is 3. The van der Waals surface area contributed by atoms with Gasteiger partial charge in [0.15, 0.2) is 0 Å². The Balaban J connectivity index is 1.45. The second-order valence-electron chi connectivity index (χ2n) is 10.3. The molecule has 1 saturated heterocycles. The lowest BCUT2D eigenvalue weighted by Gasteiger charge is -2.32. The molecule has 42 heavy (non-hydrogen) atoms. The van der Waals surface area contributed by atoms with Crippen molar-refractivity contribution in [1.29, 1.82) is 0 Å². The van der Waals surface area contributed by atoms with Gasteiger partial charge in [0, 0.05) is 68.0 Å². The summed E-state index contributed by atoms with van der Waals surface area (Å²) in [6.45, 7) is 3.84. The van der Waals surface area contributed by atoms with Gasteiger partial charge in [-0.25, -0.2) is 4.79 Å². The monoisotopic (exact) mass is 570 g/mol. The largest absolute Gasteiger partial charge is 0.478 e. The van der Waals surface area contributed by atoms with Gasteiger partial charge < -0.3 is 25.5 Å². The molecule has 2 aliphatic rings. The highest BCUT2D eigenvalue weighted by Gasteiger charge is 2.30. The van der Waals surface area contributed by atoms with E-state index in [-0.39, 0.29) is 22.7 Å². The SMILES string of the molecule is CN1CCN(CC(=O)N(C)c2ccc(N/C(=C3\C(=O)Nc4ccc(C(=O)O)cc43)c3ccc([N+](=O)[O-])cc3)cc2)CC1. The van der Waals surface area contributed by atoms with Crippen molar-refractivity contribution < 1.29 is 24.4 Å². The molecule has 0 aliphatic carbocycles. The number of nitro groups is 1. The molecule has 3 N–H and O–H groups in total. The Morgan fingerprint density at radius 2 is 1.64 bits per heavy atom. The standard InChI is InChI=1S/C30H30N6O6/c1-33-13-15-35(16-14-33)18-26(37)34(2)22-10-6-21(7-11-22)31-28(19-3-8-23(9-4-19)36(41)42)27-24-17-20(30(39)40)5-12-25(24)32-29(27)38/h3-12,17,31H,13-16,18H2,1-2H3,(H,32,38)(H,39,40)/b28-27-. The minimum absolute atomic E-state index is 0.0134. The van der Waals surface area contributed by atoms with E-state index in [4.69, 9.17) is 0 Å². The number of nitrogens with zero attached hydrogens (tertiary/aromatic N) is 4. The second kappa shape index (κ2) is 11.8. The van der Waals surface area contributed by atoms with E-state index in [1.807, 2.05) is 0 Å². The number of rotatable bonds is 8. The summed E-state index contributed by atoms with van der Waals surface area (Å²) in [5, 5.41) is 26.8. The summed E-state index contributed by atoms with van der Waals surface area (Å²) >= 11 is 0. The van der Waals surface area contributed by atoms with E-state index in [1.54, 1.807) is 36.2 Å². The van der Waals surface area contributed by atoms with E-state index >= 15 is 0 Å². The number of amides is 2. The molecular formula is C30H30N6O6. The van der Waals surface area contributed by atoms with Crippen molar-refractivity contribution in [2.75, 3.05) is 62.4 Å². The van der Waals surface area contributed by atoms with Crippen molar-refractivity contribution in [2.45, 2.75) is 0 Å². The quantitative estimate of drug-likeness (QED) is 0.210. The highest BCUT2D eigenvalue weighted by molar-refractivity contribution is 6.37. The molecule has 12 nitrogen and oxygen atoms in total. The summed E-state index contributed by atoms with van der Waals surface area (Å²) in [7, 11) is 3.79. The van der Waals surface area contributed by atoms with Crippen LogP contribution in [0.3, 0.4) is 0 Å². The first-order valence-corrected chi connectivity index (χ1v) is 13.3. The molecule has 3 aromatic rings. The molecular weight excluding hydrogens is 540 g/mol. The number of non-ortho nitro benzene ring substituents is 1. The number of aromatic carboxylic acids is 1. The Morgan fingerprint density at radius 1 is 1.00 bits per heavy atom. The number of carbonyl (C=O) groups excluding carboxylic acids is 2. The molecule has 0 unspecified atom stereocenters. The molecule has 3 aromatic carbocycles. The number of fused-ring (bicyclic) bond motifs is 1. The Labute approximate surface area is 242 Å². The van der Waals surface area contributed by atoms with Crippen LogP contribution < -0.4 is 15.5 Å². The lowest BCUT2D eigenvalue weighted by Crippen LogP contribution is -2.48. The van der Waals surface area contributed by atoms with Gasteiger partial charge in [-0.3, -0.25) is 24.6 Å². The van der Waals surface area contributed by atoms with Crippen molar-refractivity contribution in [3.63, 3.8) is 0 Å². The minimum atomic E-state index is -1.14. The molecule has 0 bridgehead atoms. The molecule has 2 aliphatic heterocycles. The van der Waals surface area contributed by atoms with Gasteiger partial charge in [0.25, 0.3) is 11.6 Å². The van der Waals surface area contributed by atoms with Crippen LogP contribution in [0.25, 0.3) is 11.3 Å². The number of carboxylic acids is 1. The summed E-state index contributed by atoms with van der Waals surface area (Å²) in [6, 6.07) is 17.2. The van der Waals surface area contributed by atoms with Crippen LogP contribution in [0, 0.1) is 10.1 Å². The summed E-state index contributed by atoms with van der Waals surface area (Å²) in [4.78, 5) is 54.4. The summed E-state index contributed by atoms with van der Waals surface area (Å²) in [6.07, 6.45) is 0. The van der Waals surface area contributed by atoms with Gasteiger partial charge in [0.2, 0.25) is 5.91 Å². The van der Waals surface area contributed by atoms with Crippen molar-refractivity contribution in [3.8, 4) is 0 Å². The third-order valence-electron chi connectivity index (χ3n) is 7.48. The summed E-state index contributed by atoms with van der Waals surface area (Å²) in [5.41, 5.74) is 3.07. The number of likely N-dealkylation sites (N-methyl/N-ethyl adjacent to an activating group) is 2. The molecule has 0 aromatic heterocycles.